The highest BCUT2D eigenvalue weighted by Gasteiger charge is 2.57. The van der Waals surface area contributed by atoms with Gasteiger partial charge in [0.1, 0.15) is 11.4 Å². The van der Waals surface area contributed by atoms with Gasteiger partial charge < -0.3 is 15.7 Å². The van der Waals surface area contributed by atoms with Crippen LogP contribution < -0.4 is 5.73 Å². The highest BCUT2D eigenvalue weighted by molar-refractivity contribution is 6.08. The number of nitrogen functional groups attached to an aromatic ring is 1. The van der Waals surface area contributed by atoms with Crippen molar-refractivity contribution in [2.75, 3.05) is 7.05 Å². The number of carboxylic acid groups (broad SMARTS) is 1. The van der Waals surface area contributed by atoms with E-state index in [1.807, 2.05) is 0 Å². The number of amidine groups is 1. The second-order valence-electron chi connectivity index (χ2n) is 7.91. The molecule has 0 aromatic heterocycles. The summed E-state index contributed by atoms with van der Waals surface area (Å²) in [7, 11) is 1.44. The van der Waals surface area contributed by atoms with Gasteiger partial charge in [-0.15, -0.1) is 0 Å². The van der Waals surface area contributed by atoms with E-state index in [9.17, 15) is 24.3 Å². The van der Waals surface area contributed by atoms with Gasteiger partial charge in [0.15, 0.2) is 0 Å². The van der Waals surface area contributed by atoms with Gasteiger partial charge in [-0.2, -0.15) is 5.01 Å². The first-order chi connectivity index (χ1) is 15.5. The van der Waals surface area contributed by atoms with E-state index in [0.29, 0.717) is 16.7 Å². The summed E-state index contributed by atoms with van der Waals surface area (Å²) in [5.41, 5.74) is 5.41. The summed E-state index contributed by atoms with van der Waals surface area (Å²) in [4.78, 5) is 52.5. The molecule has 0 bridgehead atoms. The van der Waals surface area contributed by atoms with E-state index in [2.05, 4.69) is 0 Å². The Hall–Kier alpha value is -4.21. The first kappa shape index (κ1) is 23.5. The Morgan fingerprint density at radius 1 is 1.12 bits per heavy atom. The number of nitrogens with zero attached hydrogens (tertiary/aromatic N) is 3. The molecule has 1 saturated heterocycles. The summed E-state index contributed by atoms with van der Waals surface area (Å²) in [6.07, 6.45) is -0.506. The first-order valence-electron chi connectivity index (χ1n) is 10.1. The molecule has 2 aromatic carbocycles. The van der Waals surface area contributed by atoms with Crippen molar-refractivity contribution in [3.63, 3.8) is 0 Å². The van der Waals surface area contributed by atoms with Crippen LogP contribution in [0.4, 0.5) is 4.79 Å². The van der Waals surface area contributed by atoms with Gasteiger partial charge in [0.25, 0.3) is 5.91 Å². The number of carboxylic acids is 1. The number of aliphatic carboxylic acids is 1. The molecule has 10 heteroatoms. The quantitative estimate of drug-likeness (QED) is 0.333. The summed E-state index contributed by atoms with van der Waals surface area (Å²) in [6, 6.07) is 12.8. The van der Waals surface area contributed by atoms with Gasteiger partial charge in [-0.25, -0.2) is 9.80 Å². The van der Waals surface area contributed by atoms with E-state index < -0.39 is 41.8 Å². The highest BCUT2D eigenvalue weighted by atomic mass is 16.4. The van der Waals surface area contributed by atoms with Crippen LogP contribution in [0.5, 0.6) is 0 Å². The monoisotopic (exact) mass is 451 g/mol. The molecule has 0 unspecified atom stereocenters. The Bertz CT molecular complexity index is 1120. The van der Waals surface area contributed by atoms with Crippen LogP contribution in [-0.4, -0.2) is 56.7 Å². The van der Waals surface area contributed by atoms with Gasteiger partial charge in [0.2, 0.25) is 5.91 Å². The first-order valence-corrected chi connectivity index (χ1v) is 10.1. The van der Waals surface area contributed by atoms with Gasteiger partial charge >= 0.3 is 12.0 Å². The Kier molecular flexibility index (Phi) is 6.21. The van der Waals surface area contributed by atoms with Crippen LogP contribution in [0.25, 0.3) is 0 Å². The lowest BCUT2D eigenvalue weighted by Crippen LogP contribution is -2.52. The molecule has 1 aliphatic heterocycles. The molecule has 1 heterocycles. The maximum atomic E-state index is 13.7. The molecule has 0 spiro atoms. The van der Waals surface area contributed by atoms with Crippen molar-refractivity contribution in [3.8, 4) is 0 Å². The van der Waals surface area contributed by atoms with Gasteiger partial charge in [-0.1, -0.05) is 54.6 Å². The van der Waals surface area contributed by atoms with Crippen LogP contribution in [-0.2, 0) is 19.9 Å². The van der Waals surface area contributed by atoms with Crippen LogP contribution in [0.15, 0.2) is 54.6 Å². The van der Waals surface area contributed by atoms with Gasteiger partial charge in [-0.05, 0) is 18.1 Å². The minimum Gasteiger partial charge on any atom is -0.481 e. The predicted octanol–water partition coefficient (Wildman–Crippen LogP) is 2.06. The van der Waals surface area contributed by atoms with Gasteiger partial charge in [-0.3, -0.25) is 19.8 Å². The molecule has 1 aliphatic rings. The number of carbonyl (C=O) groups is 4. The summed E-state index contributed by atoms with van der Waals surface area (Å²) in [5, 5.41) is 18.7. The van der Waals surface area contributed by atoms with E-state index in [-0.39, 0.29) is 5.84 Å². The fourth-order valence-electron chi connectivity index (χ4n) is 3.94. The maximum Gasteiger partial charge on any atom is 0.347 e. The molecule has 172 valence electrons. The third-order valence-corrected chi connectivity index (χ3v) is 5.89. The summed E-state index contributed by atoms with van der Waals surface area (Å²) in [5.74, 6) is -2.69. The number of likely N-dealkylation sites (N-methyl/N-ethyl adjacent to an activating group) is 1. The Labute approximate surface area is 190 Å². The van der Waals surface area contributed by atoms with E-state index in [4.69, 9.17) is 11.1 Å². The predicted molar refractivity (Wildman–Crippen MR) is 119 cm³/mol. The molecule has 33 heavy (non-hydrogen) atoms. The lowest BCUT2D eigenvalue weighted by molar-refractivity contribution is -0.162. The van der Waals surface area contributed by atoms with Crippen molar-refractivity contribution in [3.05, 3.63) is 71.3 Å². The minimum atomic E-state index is -1.47. The number of hydrogen-bond acceptors (Lipinski definition) is 5. The lowest BCUT2D eigenvalue weighted by atomic mass is 9.90. The lowest BCUT2D eigenvalue weighted by Gasteiger charge is -2.35. The average molecular weight is 451 g/mol. The van der Waals surface area contributed by atoms with Crippen molar-refractivity contribution >= 4 is 29.7 Å². The molecule has 4 N–H and O–H groups in total. The molecular weight excluding hydrogens is 426 g/mol. The Balaban J connectivity index is 2.10. The van der Waals surface area contributed by atoms with E-state index in [1.165, 1.54) is 18.9 Å². The second kappa shape index (κ2) is 8.73. The Morgan fingerprint density at radius 3 is 2.18 bits per heavy atom. The number of nitrogens with two attached hydrogens (primary N) is 1. The topological polar surface area (TPSA) is 148 Å². The molecule has 2 aromatic rings. The average Bonchev–Trinajstić information content (AvgIpc) is 2.95. The standard InChI is InChI=1S/C23H25N5O5/c1-14(29)27(18(13-19(30)31)15-7-5-4-6-8-15)28-21(32)23(2,26(3)22(28)33)17-11-9-16(10-12-17)20(24)25/h4-12,18H,13H2,1-3H3,(H3,24,25)(H,30,31)/t18-,23-/m0/s1. The summed E-state index contributed by atoms with van der Waals surface area (Å²) < 4.78 is 0. The third kappa shape index (κ3) is 4.02. The van der Waals surface area contributed by atoms with Crippen molar-refractivity contribution in [2.45, 2.75) is 31.8 Å². The van der Waals surface area contributed by atoms with Crippen LogP contribution in [0, 0.1) is 5.41 Å². The number of amides is 4. The fraction of sp³-hybridized carbons (Fsp3) is 0.261. The number of rotatable bonds is 7. The van der Waals surface area contributed by atoms with E-state index in [0.717, 1.165) is 10.0 Å². The molecule has 0 saturated carbocycles. The van der Waals surface area contributed by atoms with Crippen molar-refractivity contribution in [2.24, 2.45) is 5.73 Å². The SMILES string of the molecule is CC(=O)N([C@@H](CC(=O)O)c1ccccc1)N1C(=O)N(C)[C@@](C)(c2ccc(C(=N)N)cc2)C1=O. The number of benzene rings is 2. The number of nitrogens with one attached hydrogen (secondary N) is 1. The van der Waals surface area contributed by atoms with E-state index >= 15 is 0 Å². The van der Waals surface area contributed by atoms with Crippen LogP contribution in [0.3, 0.4) is 0 Å². The fourth-order valence-corrected chi connectivity index (χ4v) is 3.94. The van der Waals surface area contributed by atoms with Crippen LogP contribution in [0.2, 0.25) is 0 Å². The molecule has 10 nitrogen and oxygen atoms in total. The largest absolute Gasteiger partial charge is 0.481 e. The third-order valence-electron chi connectivity index (χ3n) is 5.89. The van der Waals surface area contributed by atoms with Crippen molar-refractivity contribution in [1.82, 2.24) is 14.9 Å². The molecule has 1 fully saturated rings. The Morgan fingerprint density at radius 2 is 1.70 bits per heavy atom. The van der Waals surface area contributed by atoms with Gasteiger partial charge in [0.05, 0.1) is 12.5 Å². The van der Waals surface area contributed by atoms with Crippen LogP contribution in [0.1, 0.15) is 43.0 Å². The van der Waals surface area contributed by atoms with Gasteiger partial charge in [0, 0.05) is 19.5 Å². The molecular formula is C23H25N5O5. The highest BCUT2D eigenvalue weighted by Crippen LogP contribution is 2.39. The maximum absolute atomic E-state index is 13.7. The van der Waals surface area contributed by atoms with Crippen molar-refractivity contribution in [1.29, 1.82) is 5.41 Å². The summed E-state index contributed by atoms with van der Waals surface area (Å²) in [6.45, 7) is 2.72. The smallest absolute Gasteiger partial charge is 0.347 e. The van der Waals surface area contributed by atoms with Crippen molar-refractivity contribution < 1.29 is 24.3 Å². The number of hydrogen-bond donors (Lipinski definition) is 3. The molecule has 4 amide bonds. The molecule has 2 atom stereocenters. The van der Waals surface area contributed by atoms with E-state index in [1.54, 1.807) is 61.5 Å². The molecule has 0 aliphatic carbocycles. The number of urea groups is 1. The zero-order valence-corrected chi connectivity index (χ0v) is 18.5. The summed E-state index contributed by atoms with van der Waals surface area (Å²) >= 11 is 0. The molecule has 0 radical (unpaired) electrons. The normalized spacial score (nSPS) is 18.9. The zero-order chi connectivity index (χ0) is 24.5. The van der Waals surface area contributed by atoms with Crippen LogP contribution >= 0.6 is 0 Å². The molecule has 3 rings (SSSR count). The number of imide groups is 1. The number of hydrazine groups is 1. The number of carbonyl (C=O) groups excluding carboxylic acids is 3. The minimum absolute atomic E-state index is 0.141. The zero-order valence-electron chi connectivity index (χ0n) is 18.5. The second-order valence-corrected chi connectivity index (χ2v) is 7.91.